The molecule has 1 amide bonds. The molecular weight excluding hydrogens is 266 g/mol. The number of hydrogen-bond donors (Lipinski definition) is 1. The molecule has 1 unspecified atom stereocenters. The third kappa shape index (κ3) is 3.13. The van der Waals surface area contributed by atoms with Crippen molar-refractivity contribution in [3.05, 3.63) is 35.4 Å². The monoisotopic (exact) mass is 284 g/mol. The standard InChI is InChI=1S/C14H18F2N2O2/c1-10(12-8-11(15)2-3-13(12)16)17-4-6-18(7-5-17)14(20)9-19/h2-3,8,10,19H,4-7,9H2,1H3. The van der Waals surface area contributed by atoms with Crippen LogP contribution in [0.15, 0.2) is 18.2 Å². The molecule has 0 spiro atoms. The van der Waals surface area contributed by atoms with E-state index in [1.54, 1.807) is 4.90 Å². The Morgan fingerprint density at radius 1 is 1.30 bits per heavy atom. The highest BCUT2D eigenvalue weighted by atomic mass is 19.1. The number of piperazine rings is 1. The zero-order valence-electron chi connectivity index (χ0n) is 11.4. The highest BCUT2D eigenvalue weighted by molar-refractivity contribution is 5.77. The summed E-state index contributed by atoms with van der Waals surface area (Å²) in [6.45, 7) is 3.45. The maximum atomic E-state index is 13.7. The molecule has 1 atom stereocenters. The van der Waals surface area contributed by atoms with Gasteiger partial charge in [0.15, 0.2) is 0 Å². The fraction of sp³-hybridized carbons (Fsp3) is 0.500. The van der Waals surface area contributed by atoms with Gasteiger partial charge in [-0.2, -0.15) is 0 Å². The number of carbonyl (C=O) groups excluding carboxylic acids is 1. The topological polar surface area (TPSA) is 43.8 Å². The van der Waals surface area contributed by atoms with Crippen LogP contribution in [-0.2, 0) is 4.79 Å². The summed E-state index contributed by atoms with van der Waals surface area (Å²) in [4.78, 5) is 14.9. The predicted octanol–water partition coefficient (Wildman–Crippen LogP) is 1.16. The summed E-state index contributed by atoms with van der Waals surface area (Å²) in [6, 6.07) is 3.19. The van der Waals surface area contributed by atoms with Gasteiger partial charge < -0.3 is 10.0 Å². The van der Waals surface area contributed by atoms with Crippen molar-refractivity contribution in [2.24, 2.45) is 0 Å². The molecule has 1 aromatic carbocycles. The van der Waals surface area contributed by atoms with Gasteiger partial charge in [-0.05, 0) is 25.1 Å². The van der Waals surface area contributed by atoms with E-state index < -0.39 is 18.2 Å². The van der Waals surface area contributed by atoms with Crippen molar-refractivity contribution >= 4 is 5.91 Å². The number of hydrogen-bond acceptors (Lipinski definition) is 3. The fourth-order valence-corrected chi connectivity index (χ4v) is 2.49. The van der Waals surface area contributed by atoms with Crippen molar-refractivity contribution in [1.82, 2.24) is 9.80 Å². The molecule has 1 aliphatic heterocycles. The molecule has 20 heavy (non-hydrogen) atoms. The molecule has 0 radical (unpaired) electrons. The molecule has 0 aromatic heterocycles. The molecule has 0 saturated carbocycles. The fourth-order valence-electron chi connectivity index (χ4n) is 2.49. The van der Waals surface area contributed by atoms with Gasteiger partial charge in [0.25, 0.3) is 0 Å². The number of aliphatic hydroxyl groups excluding tert-OH is 1. The first-order chi connectivity index (χ1) is 9.52. The number of halogens is 2. The number of benzene rings is 1. The summed E-state index contributed by atoms with van der Waals surface area (Å²) in [6.07, 6.45) is 0. The summed E-state index contributed by atoms with van der Waals surface area (Å²) in [5.74, 6) is -1.18. The van der Waals surface area contributed by atoms with Gasteiger partial charge in [-0.15, -0.1) is 0 Å². The Morgan fingerprint density at radius 3 is 2.55 bits per heavy atom. The van der Waals surface area contributed by atoms with Crippen molar-refractivity contribution in [3.8, 4) is 0 Å². The van der Waals surface area contributed by atoms with Crippen LogP contribution in [0.1, 0.15) is 18.5 Å². The molecule has 6 heteroatoms. The molecule has 1 aliphatic rings. The van der Waals surface area contributed by atoms with Crippen LogP contribution in [0.25, 0.3) is 0 Å². The summed E-state index contributed by atoms with van der Waals surface area (Å²) in [7, 11) is 0. The zero-order valence-corrected chi connectivity index (χ0v) is 11.4. The van der Waals surface area contributed by atoms with E-state index in [0.717, 1.165) is 12.1 Å². The lowest BCUT2D eigenvalue weighted by molar-refractivity contribution is -0.136. The lowest BCUT2D eigenvalue weighted by Gasteiger charge is -2.38. The SMILES string of the molecule is CC(c1cc(F)ccc1F)N1CCN(C(=O)CO)CC1. The Bertz CT molecular complexity index is 488. The summed E-state index contributed by atoms with van der Waals surface area (Å²) < 4.78 is 27.0. The van der Waals surface area contributed by atoms with E-state index in [1.807, 2.05) is 11.8 Å². The molecule has 1 fully saturated rings. The van der Waals surface area contributed by atoms with E-state index >= 15 is 0 Å². The largest absolute Gasteiger partial charge is 0.387 e. The predicted molar refractivity (Wildman–Crippen MR) is 70.0 cm³/mol. The van der Waals surface area contributed by atoms with E-state index in [4.69, 9.17) is 5.11 Å². The molecule has 110 valence electrons. The van der Waals surface area contributed by atoms with Gasteiger partial charge in [-0.1, -0.05) is 0 Å². The smallest absolute Gasteiger partial charge is 0.248 e. The van der Waals surface area contributed by atoms with Gasteiger partial charge in [-0.25, -0.2) is 8.78 Å². The normalized spacial score (nSPS) is 18.1. The minimum absolute atomic E-state index is 0.253. The van der Waals surface area contributed by atoms with Crippen molar-refractivity contribution in [2.45, 2.75) is 13.0 Å². The summed E-state index contributed by atoms with van der Waals surface area (Å²) >= 11 is 0. The van der Waals surface area contributed by atoms with Crippen molar-refractivity contribution in [1.29, 1.82) is 0 Å². The van der Waals surface area contributed by atoms with E-state index in [-0.39, 0.29) is 11.9 Å². The van der Waals surface area contributed by atoms with E-state index in [2.05, 4.69) is 0 Å². The van der Waals surface area contributed by atoms with E-state index in [0.29, 0.717) is 31.7 Å². The Hall–Kier alpha value is -1.53. The van der Waals surface area contributed by atoms with Gasteiger partial charge >= 0.3 is 0 Å². The number of nitrogens with zero attached hydrogens (tertiary/aromatic N) is 2. The Balaban J connectivity index is 2.03. The third-order valence-electron chi connectivity index (χ3n) is 3.76. The average Bonchev–Trinajstić information content (AvgIpc) is 2.48. The highest BCUT2D eigenvalue weighted by Crippen LogP contribution is 2.24. The first kappa shape index (κ1) is 14.9. The third-order valence-corrected chi connectivity index (χ3v) is 3.76. The van der Waals surface area contributed by atoms with Crippen molar-refractivity contribution < 1.29 is 18.7 Å². The lowest BCUT2D eigenvalue weighted by Crippen LogP contribution is -2.50. The van der Waals surface area contributed by atoms with Gasteiger partial charge in [0.1, 0.15) is 18.2 Å². The van der Waals surface area contributed by atoms with Gasteiger partial charge in [0, 0.05) is 37.8 Å². The van der Waals surface area contributed by atoms with Gasteiger partial charge in [-0.3, -0.25) is 9.69 Å². The van der Waals surface area contributed by atoms with Gasteiger partial charge in [0.2, 0.25) is 5.91 Å². The minimum atomic E-state index is -0.492. The average molecular weight is 284 g/mol. The molecule has 0 bridgehead atoms. The van der Waals surface area contributed by atoms with Crippen LogP contribution in [0.2, 0.25) is 0 Å². The molecule has 1 heterocycles. The second-order valence-corrected chi connectivity index (χ2v) is 4.92. The Morgan fingerprint density at radius 2 is 1.95 bits per heavy atom. The first-order valence-electron chi connectivity index (χ1n) is 6.60. The quantitative estimate of drug-likeness (QED) is 0.906. The molecule has 1 saturated heterocycles. The van der Waals surface area contributed by atoms with E-state index in [1.165, 1.54) is 6.07 Å². The van der Waals surface area contributed by atoms with Crippen LogP contribution in [0.3, 0.4) is 0 Å². The van der Waals surface area contributed by atoms with Crippen LogP contribution in [0.4, 0.5) is 8.78 Å². The second kappa shape index (κ2) is 6.28. The maximum absolute atomic E-state index is 13.7. The Labute approximate surface area is 116 Å². The van der Waals surface area contributed by atoms with Crippen molar-refractivity contribution in [3.63, 3.8) is 0 Å². The van der Waals surface area contributed by atoms with Crippen LogP contribution in [0, 0.1) is 11.6 Å². The molecule has 4 nitrogen and oxygen atoms in total. The maximum Gasteiger partial charge on any atom is 0.248 e. The van der Waals surface area contributed by atoms with Crippen LogP contribution in [0.5, 0.6) is 0 Å². The molecule has 0 aliphatic carbocycles. The zero-order chi connectivity index (χ0) is 14.7. The van der Waals surface area contributed by atoms with Crippen molar-refractivity contribution in [2.75, 3.05) is 32.8 Å². The first-order valence-corrected chi connectivity index (χ1v) is 6.60. The summed E-state index contributed by atoms with van der Waals surface area (Å²) in [5, 5.41) is 8.81. The Kier molecular flexibility index (Phi) is 4.67. The van der Waals surface area contributed by atoms with Crippen LogP contribution in [-0.4, -0.2) is 53.6 Å². The number of carbonyl (C=O) groups is 1. The number of aliphatic hydroxyl groups is 1. The molecule has 2 rings (SSSR count). The van der Waals surface area contributed by atoms with E-state index in [9.17, 15) is 13.6 Å². The highest BCUT2D eigenvalue weighted by Gasteiger charge is 2.25. The van der Waals surface area contributed by atoms with Gasteiger partial charge in [0.05, 0.1) is 0 Å². The number of amides is 1. The van der Waals surface area contributed by atoms with Crippen LogP contribution >= 0.6 is 0 Å². The molecule has 1 aromatic rings. The number of rotatable bonds is 3. The second-order valence-electron chi connectivity index (χ2n) is 4.92. The molecular formula is C14H18F2N2O2. The lowest BCUT2D eigenvalue weighted by atomic mass is 10.1. The minimum Gasteiger partial charge on any atom is -0.387 e. The molecule has 1 N–H and O–H groups in total. The van der Waals surface area contributed by atoms with Crippen LogP contribution < -0.4 is 0 Å². The summed E-state index contributed by atoms with van der Waals surface area (Å²) in [5.41, 5.74) is 0.326.